The lowest BCUT2D eigenvalue weighted by atomic mass is 10.1. The molecule has 1 heterocycles. The number of hydrogen-bond donors (Lipinski definition) is 0. The molecule has 16 heavy (non-hydrogen) atoms. The van der Waals surface area contributed by atoms with Gasteiger partial charge in [-0.25, -0.2) is 4.39 Å². The molecule has 1 aromatic heterocycles. The Kier molecular flexibility index (Phi) is 3.26. The first kappa shape index (κ1) is 11.2. The van der Waals surface area contributed by atoms with Crippen molar-refractivity contribution < 1.29 is 9.18 Å². The van der Waals surface area contributed by atoms with Gasteiger partial charge in [-0.3, -0.25) is 4.79 Å². The molecule has 0 saturated carbocycles. The topological polar surface area (TPSA) is 42.9 Å². The molecule has 2 aromatic rings. The Balaban J connectivity index is 2.22. The van der Waals surface area contributed by atoms with Crippen molar-refractivity contribution >= 4 is 28.9 Å². The van der Waals surface area contributed by atoms with Gasteiger partial charge in [-0.1, -0.05) is 28.2 Å². The van der Waals surface area contributed by atoms with Crippen LogP contribution in [0.4, 0.5) is 4.39 Å². The van der Waals surface area contributed by atoms with Crippen LogP contribution in [-0.4, -0.2) is 15.4 Å². The van der Waals surface area contributed by atoms with Crippen molar-refractivity contribution in [1.82, 2.24) is 9.59 Å². The summed E-state index contributed by atoms with van der Waals surface area (Å²) in [5.41, 5.74) is 0.283. The molecule has 0 aliphatic rings. The van der Waals surface area contributed by atoms with Crippen LogP contribution < -0.4 is 0 Å². The number of ketones is 1. The largest absolute Gasteiger partial charge is 0.293 e. The maximum absolute atomic E-state index is 13.5. The number of nitrogens with zero attached hydrogens (tertiary/aromatic N) is 2. The van der Waals surface area contributed by atoms with E-state index in [4.69, 9.17) is 11.6 Å². The van der Waals surface area contributed by atoms with Gasteiger partial charge in [0.1, 0.15) is 10.7 Å². The molecule has 6 heteroatoms. The molecule has 0 fully saturated rings. The predicted octanol–water partition coefficient (Wildman–Crippen LogP) is 2.76. The van der Waals surface area contributed by atoms with Gasteiger partial charge < -0.3 is 0 Å². The predicted molar refractivity (Wildman–Crippen MR) is 59.4 cm³/mol. The van der Waals surface area contributed by atoms with Crippen LogP contribution in [-0.2, 0) is 6.42 Å². The van der Waals surface area contributed by atoms with Crippen LogP contribution >= 0.6 is 23.1 Å². The summed E-state index contributed by atoms with van der Waals surface area (Å²) >= 11 is 6.61. The lowest BCUT2D eigenvalue weighted by Gasteiger charge is -2.02. The lowest BCUT2D eigenvalue weighted by Crippen LogP contribution is -2.03. The van der Waals surface area contributed by atoms with E-state index in [0.29, 0.717) is 4.88 Å². The second-order valence-electron chi connectivity index (χ2n) is 3.09. The smallest absolute Gasteiger partial charge is 0.180 e. The van der Waals surface area contributed by atoms with Gasteiger partial charge in [0.2, 0.25) is 0 Å². The van der Waals surface area contributed by atoms with Gasteiger partial charge in [0.05, 0.1) is 11.2 Å². The molecule has 0 N–H and O–H groups in total. The van der Waals surface area contributed by atoms with Gasteiger partial charge in [-0.15, -0.1) is 5.10 Å². The number of carbonyl (C=O) groups excluding carboxylic acids is 1. The average Bonchev–Trinajstić information content (AvgIpc) is 2.78. The van der Waals surface area contributed by atoms with E-state index < -0.39 is 5.82 Å². The zero-order valence-corrected chi connectivity index (χ0v) is 9.56. The Morgan fingerprint density at radius 3 is 3.00 bits per heavy atom. The fourth-order valence-corrected chi connectivity index (χ4v) is 1.88. The first-order chi connectivity index (χ1) is 7.68. The highest BCUT2D eigenvalue weighted by Crippen LogP contribution is 2.19. The van der Waals surface area contributed by atoms with E-state index in [9.17, 15) is 9.18 Å². The highest BCUT2D eigenvalue weighted by atomic mass is 35.5. The zero-order valence-electron chi connectivity index (χ0n) is 7.98. The molecule has 0 spiro atoms. The van der Waals surface area contributed by atoms with Gasteiger partial charge in [0.15, 0.2) is 5.78 Å². The molecular formula is C10H6ClFN2OS. The van der Waals surface area contributed by atoms with Crippen molar-refractivity contribution in [2.45, 2.75) is 6.42 Å². The lowest BCUT2D eigenvalue weighted by molar-refractivity contribution is 0.0995. The molecule has 2 rings (SSSR count). The molecule has 0 aliphatic carbocycles. The molecule has 82 valence electrons. The Bertz CT molecular complexity index is 516. The SMILES string of the molecule is O=C(Cc1cccc(Cl)c1F)c1cnns1. The highest BCUT2D eigenvalue weighted by Gasteiger charge is 2.13. The monoisotopic (exact) mass is 256 g/mol. The van der Waals surface area contributed by atoms with Crippen LogP contribution in [0.2, 0.25) is 5.02 Å². The number of benzene rings is 1. The minimum Gasteiger partial charge on any atom is -0.293 e. The minimum absolute atomic E-state index is 0.0210. The van der Waals surface area contributed by atoms with E-state index in [1.165, 1.54) is 18.3 Å². The second kappa shape index (κ2) is 4.67. The normalized spacial score (nSPS) is 10.4. The molecule has 0 amide bonds. The Morgan fingerprint density at radius 2 is 2.31 bits per heavy atom. The summed E-state index contributed by atoms with van der Waals surface area (Å²) in [6.45, 7) is 0. The second-order valence-corrected chi connectivity index (χ2v) is 4.29. The fourth-order valence-electron chi connectivity index (χ4n) is 1.24. The minimum atomic E-state index is -0.546. The Labute approximate surface area is 100 Å². The van der Waals surface area contributed by atoms with Crippen molar-refractivity contribution in [2.24, 2.45) is 0 Å². The van der Waals surface area contributed by atoms with Gasteiger partial charge in [-0.2, -0.15) is 0 Å². The average molecular weight is 257 g/mol. The number of hydrogen-bond acceptors (Lipinski definition) is 4. The standard InChI is InChI=1S/C10H6ClFN2OS/c11-7-3-1-2-6(10(7)12)4-8(15)9-5-13-14-16-9/h1-3,5H,4H2. The third-order valence-electron chi connectivity index (χ3n) is 2.02. The summed E-state index contributed by atoms with van der Waals surface area (Å²) in [5, 5.41) is 3.57. The van der Waals surface area contributed by atoms with Crippen LogP contribution in [0.25, 0.3) is 0 Å². The summed E-state index contributed by atoms with van der Waals surface area (Å²) in [7, 11) is 0. The summed E-state index contributed by atoms with van der Waals surface area (Å²) in [6.07, 6.45) is 1.34. The highest BCUT2D eigenvalue weighted by molar-refractivity contribution is 7.07. The molecule has 0 aliphatic heterocycles. The van der Waals surface area contributed by atoms with Crippen molar-refractivity contribution in [3.63, 3.8) is 0 Å². The molecular weight excluding hydrogens is 251 g/mol. The van der Waals surface area contributed by atoms with Gasteiger partial charge in [0, 0.05) is 6.42 Å². The van der Waals surface area contributed by atoms with Gasteiger partial charge in [-0.05, 0) is 23.2 Å². The van der Waals surface area contributed by atoms with Gasteiger partial charge >= 0.3 is 0 Å². The van der Waals surface area contributed by atoms with E-state index in [2.05, 4.69) is 9.59 Å². The summed E-state index contributed by atoms with van der Waals surface area (Å²) in [6, 6.07) is 4.59. The number of halogens is 2. The number of rotatable bonds is 3. The summed E-state index contributed by atoms with van der Waals surface area (Å²) in [5.74, 6) is -0.758. The third kappa shape index (κ3) is 2.25. The van der Waals surface area contributed by atoms with E-state index in [-0.39, 0.29) is 22.8 Å². The zero-order chi connectivity index (χ0) is 11.5. The summed E-state index contributed by atoms with van der Waals surface area (Å²) < 4.78 is 17.1. The van der Waals surface area contributed by atoms with Crippen molar-refractivity contribution in [2.75, 3.05) is 0 Å². The Hall–Kier alpha value is -1.33. The number of carbonyl (C=O) groups is 1. The number of aromatic nitrogens is 2. The maximum atomic E-state index is 13.5. The molecule has 3 nitrogen and oxygen atoms in total. The van der Waals surface area contributed by atoms with Crippen LogP contribution in [0.3, 0.4) is 0 Å². The maximum Gasteiger partial charge on any atom is 0.180 e. The molecule has 0 bridgehead atoms. The van der Waals surface area contributed by atoms with Crippen LogP contribution in [0.15, 0.2) is 24.4 Å². The third-order valence-corrected chi connectivity index (χ3v) is 3.02. The van der Waals surface area contributed by atoms with E-state index in [1.54, 1.807) is 6.07 Å². The van der Waals surface area contributed by atoms with Crippen LogP contribution in [0.5, 0.6) is 0 Å². The van der Waals surface area contributed by atoms with Gasteiger partial charge in [0.25, 0.3) is 0 Å². The number of Topliss-reactive ketones (excluding diaryl/α,β-unsaturated/α-hetero) is 1. The van der Waals surface area contributed by atoms with E-state index in [1.807, 2.05) is 0 Å². The van der Waals surface area contributed by atoms with E-state index >= 15 is 0 Å². The Morgan fingerprint density at radius 1 is 1.50 bits per heavy atom. The van der Waals surface area contributed by atoms with Crippen molar-refractivity contribution in [3.8, 4) is 0 Å². The van der Waals surface area contributed by atoms with Crippen LogP contribution in [0.1, 0.15) is 15.2 Å². The molecule has 1 aromatic carbocycles. The van der Waals surface area contributed by atoms with Crippen LogP contribution in [0, 0.1) is 5.82 Å². The fraction of sp³-hybridized carbons (Fsp3) is 0.100. The van der Waals surface area contributed by atoms with Crippen molar-refractivity contribution in [3.05, 3.63) is 45.7 Å². The van der Waals surface area contributed by atoms with E-state index in [0.717, 1.165) is 11.5 Å². The first-order valence-corrected chi connectivity index (χ1v) is 5.57. The molecule has 0 atom stereocenters. The van der Waals surface area contributed by atoms with Crippen molar-refractivity contribution in [1.29, 1.82) is 0 Å². The quantitative estimate of drug-likeness (QED) is 0.793. The molecule has 0 saturated heterocycles. The first-order valence-electron chi connectivity index (χ1n) is 4.42. The molecule has 0 radical (unpaired) electrons. The molecule has 0 unspecified atom stereocenters. The summed E-state index contributed by atoms with van der Waals surface area (Å²) in [4.78, 5) is 12.1.